The molecule has 1 aliphatic heterocycles. The van der Waals surface area contributed by atoms with Crippen molar-refractivity contribution in [2.24, 2.45) is 0 Å². The number of alkyl halides is 6. The zero-order chi connectivity index (χ0) is 28.4. The Bertz CT molecular complexity index is 1370. The van der Waals surface area contributed by atoms with E-state index < -0.39 is 35.8 Å². The van der Waals surface area contributed by atoms with Crippen molar-refractivity contribution in [2.75, 3.05) is 23.3 Å². The highest BCUT2D eigenvalue weighted by Gasteiger charge is 2.33. The van der Waals surface area contributed by atoms with E-state index in [1.807, 2.05) is 0 Å². The molecular weight excluding hydrogens is 528 g/mol. The minimum Gasteiger partial charge on any atom is -0.406 e. The van der Waals surface area contributed by atoms with Crippen molar-refractivity contribution in [3.63, 3.8) is 0 Å². The van der Waals surface area contributed by atoms with Gasteiger partial charge in [0, 0.05) is 25.2 Å². The third-order valence-electron chi connectivity index (χ3n) is 5.96. The Balaban J connectivity index is 1.55. The highest BCUT2D eigenvalue weighted by Crippen LogP contribution is 2.33. The van der Waals surface area contributed by atoms with E-state index in [4.69, 9.17) is 0 Å². The van der Waals surface area contributed by atoms with Gasteiger partial charge in [0.05, 0.1) is 16.9 Å². The van der Waals surface area contributed by atoms with Crippen LogP contribution in [0.25, 0.3) is 0 Å². The van der Waals surface area contributed by atoms with Crippen LogP contribution in [0.5, 0.6) is 5.75 Å². The molecule has 0 atom stereocenters. The number of anilines is 2. The number of aryl methyl sites for hydroxylation is 1. The van der Waals surface area contributed by atoms with Crippen LogP contribution in [0.3, 0.4) is 0 Å². The van der Waals surface area contributed by atoms with Crippen molar-refractivity contribution in [1.29, 1.82) is 0 Å². The zero-order valence-corrected chi connectivity index (χ0v) is 20.6. The summed E-state index contributed by atoms with van der Waals surface area (Å²) in [6.07, 6.45) is -8.94. The van der Waals surface area contributed by atoms with Crippen LogP contribution in [0.2, 0.25) is 0 Å². The SMILES string of the molecule is Cc1ccc(N2CCCN(Cc3cccc(OC(F)(F)F)c3)C2=O)c(NC(=O)c2cccc(C(F)(F)F)c2)c1. The molecule has 3 aromatic carbocycles. The number of nitrogens with one attached hydrogen (secondary N) is 1. The lowest BCUT2D eigenvalue weighted by Crippen LogP contribution is -2.49. The summed E-state index contributed by atoms with van der Waals surface area (Å²) in [5.41, 5.74) is 0.559. The van der Waals surface area contributed by atoms with Crippen LogP contribution in [0, 0.1) is 6.92 Å². The number of halogens is 6. The van der Waals surface area contributed by atoms with Crippen LogP contribution in [0.1, 0.15) is 33.5 Å². The molecule has 3 aromatic rings. The molecule has 4 rings (SSSR count). The number of carbonyl (C=O) groups excluding carboxylic acids is 2. The molecule has 1 aliphatic rings. The quantitative estimate of drug-likeness (QED) is 0.336. The molecule has 1 fully saturated rings. The van der Waals surface area contributed by atoms with Gasteiger partial charge in [-0.3, -0.25) is 9.69 Å². The maximum Gasteiger partial charge on any atom is 0.573 e. The molecule has 0 spiro atoms. The first kappa shape index (κ1) is 27.8. The van der Waals surface area contributed by atoms with Gasteiger partial charge in [-0.25, -0.2) is 4.79 Å². The maximum atomic E-state index is 13.4. The Hall–Kier alpha value is -4.22. The molecule has 0 aliphatic carbocycles. The molecular formula is C27H23F6N3O3. The van der Waals surface area contributed by atoms with E-state index in [1.54, 1.807) is 31.2 Å². The minimum atomic E-state index is -4.85. The van der Waals surface area contributed by atoms with Crippen LogP contribution >= 0.6 is 0 Å². The lowest BCUT2D eigenvalue weighted by molar-refractivity contribution is -0.274. The number of nitrogens with zero attached hydrogens (tertiary/aromatic N) is 2. The number of benzene rings is 3. The number of amides is 3. The first-order valence-corrected chi connectivity index (χ1v) is 11.8. The smallest absolute Gasteiger partial charge is 0.406 e. The topological polar surface area (TPSA) is 61.9 Å². The molecule has 1 heterocycles. The Labute approximate surface area is 219 Å². The van der Waals surface area contributed by atoms with Crippen molar-refractivity contribution < 1.29 is 40.7 Å². The summed E-state index contributed by atoms with van der Waals surface area (Å²) >= 11 is 0. The first-order chi connectivity index (χ1) is 18.3. The number of ether oxygens (including phenoxy) is 1. The van der Waals surface area contributed by atoms with Crippen LogP contribution < -0.4 is 15.0 Å². The third-order valence-corrected chi connectivity index (χ3v) is 5.96. The Kier molecular flexibility index (Phi) is 7.75. The number of rotatable bonds is 6. The van der Waals surface area contributed by atoms with Gasteiger partial charge in [-0.2, -0.15) is 13.2 Å². The Morgan fingerprint density at radius 1 is 0.949 bits per heavy atom. The number of carbonyl (C=O) groups is 2. The van der Waals surface area contributed by atoms with Gasteiger partial charge in [0.2, 0.25) is 0 Å². The second-order valence-corrected chi connectivity index (χ2v) is 8.96. The predicted octanol–water partition coefficient (Wildman–Crippen LogP) is 7.00. The highest BCUT2D eigenvalue weighted by molar-refractivity contribution is 6.07. The summed E-state index contributed by atoms with van der Waals surface area (Å²) in [6.45, 7) is 2.41. The van der Waals surface area contributed by atoms with E-state index in [-0.39, 0.29) is 17.8 Å². The molecule has 0 aromatic heterocycles. The van der Waals surface area contributed by atoms with E-state index in [0.717, 1.165) is 29.8 Å². The molecule has 0 saturated carbocycles. The highest BCUT2D eigenvalue weighted by atomic mass is 19.4. The monoisotopic (exact) mass is 551 g/mol. The average Bonchev–Trinajstić information content (AvgIpc) is 2.84. The lowest BCUT2D eigenvalue weighted by atomic mass is 10.1. The Morgan fingerprint density at radius 2 is 1.69 bits per heavy atom. The molecule has 39 heavy (non-hydrogen) atoms. The van der Waals surface area contributed by atoms with Gasteiger partial charge in [-0.1, -0.05) is 24.3 Å². The fraction of sp³-hybridized carbons (Fsp3) is 0.259. The molecule has 0 radical (unpaired) electrons. The molecule has 1 N–H and O–H groups in total. The molecule has 3 amide bonds. The minimum absolute atomic E-state index is 0.0161. The molecule has 0 unspecified atom stereocenters. The van der Waals surface area contributed by atoms with Crippen molar-refractivity contribution in [2.45, 2.75) is 32.4 Å². The van der Waals surface area contributed by atoms with Gasteiger partial charge in [-0.05, 0) is 66.9 Å². The maximum absolute atomic E-state index is 13.4. The molecule has 1 saturated heterocycles. The predicted molar refractivity (Wildman–Crippen MR) is 131 cm³/mol. The van der Waals surface area contributed by atoms with Gasteiger partial charge < -0.3 is 15.0 Å². The summed E-state index contributed by atoms with van der Waals surface area (Å²) in [5, 5.41) is 2.62. The fourth-order valence-corrected chi connectivity index (χ4v) is 4.23. The second-order valence-electron chi connectivity index (χ2n) is 8.96. The van der Waals surface area contributed by atoms with Crippen LogP contribution in [-0.2, 0) is 12.7 Å². The van der Waals surface area contributed by atoms with Gasteiger partial charge >= 0.3 is 18.6 Å². The summed E-state index contributed by atoms with van der Waals surface area (Å²) in [6, 6.07) is 13.8. The molecule has 6 nitrogen and oxygen atoms in total. The normalized spacial score (nSPS) is 14.4. The lowest BCUT2D eigenvalue weighted by Gasteiger charge is -2.36. The fourth-order valence-electron chi connectivity index (χ4n) is 4.23. The van der Waals surface area contributed by atoms with E-state index in [1.165, 1.54) is 28.0 Å². The van der Waals surface area contributed by atoms with E-state index in [9.17, 15) is 35.9 Å². The summed E-state index contributed by atoms with van der Waals surface area (Å²) < 4.78 is 81.1. The third kappa shape index (κ3) is 7.01. The van der Waals surface area contributed by atoms with Crippen molar-refractivity contribution in [1.82, 2.24) is 4.90 Å². The second kappa shape index (κ2) is 10.9. The summed E-state index contributed by atoms with van der Waals surface area (Å²) in [4.78, 5) is 29.1. The van der Waals surface area contributed by atoms with E-state index >= 15 is 0 Å². The van der Waals surface area contributed by atoms with Crippen LogP contribution in [0.4, 0.5) is 42.5 Å². The molecule has 12 heteroatoms. The van der Waals surface area contributed by atoms with Gasteiger partial charge in [0.25, 0.3) is 5.91 Å². The van der Waals surface area contributed by atoms with Crippen molar-refractivity contribution in [3.05, 3.63) is 89.0 Å². The first-order valence-electron chi connectivity index (χ1n) is 11.8. The van der Waals surface area contributed by atoms with E-state index in [0.29, 0.717) is 30.8 Å². The van der Waals surface area contributed by atoms with Gasteiger partial charge in [-0.15, -0.1) is 13.2 Å². The number of urea groups is 1. The van der Waals surface area contributed by atoms with Crippen LogP contribution in [-0.4, -0.2) is 36.3 Å². The largest absolute Gasteiger partial charge is 0.573 e. The summed E-state index contributed by atoms with van der Waals surface area (Å²) in [5.74, 6) is -1.19. The Morgan fingerprint density at radius 3 is 2.41 bits per heavy atom. The van der Waals surface area contributed by atoms with E-state index in [2.05, 4.69) is 10.1 Å². The average molecular weight is 551 g/mol. The van der Waals surface area contributed by atoms with Gasteiger partial charge in [0.15, 0.2) is 0 Å². The number of hydrogen-bond acceptors (Lipinski definition) is 3. The summed E-state index contributed by atoms with van der Waals surface area (Å²) in [7, 11) is 0. The number of hydrogen-bond donors (Lipinski definition) is 1. The van der Waals surface area contributed by atoms with Crippen molar-refractivity contribution in [3.8, 4) is 5.75 Å². The van der Waals surface area contributed by atoms with Gasteiger partial charge in [0.1, 0.15) is 5.75 Å². The zero-order valence-electron chi connectivity index (χ0n) is 20.6. The van der Waals surface area contributed by atoms with Crippen LogP contribution in [0.15, 0.2) is 66.7 Å². The van der Waals surface area contributed by atoms with Crippen molar-refractivity contribution >= 4 is 23.3 Å². The molecule has 0 bridgehead atoms. The molecule has 206 valence electrons. The standard InChI is InChI=1S/C27H23F6N3O3/c1-17-9-10-23(22(13-17)34-24(37)19-6-3-7-20(15-19)26(28,29)30)36-12-4-11-35(25(36)38)16-18-5-2-8-21(14-18)39-27(31,32)33/h2-3,5-10,13-15H,4,11-12,16H2,1H3,(H,34,37).